The minimum absolute atomic E-state index is 0.389. The van der Waals surface area contributed by atoms with E-state index < -0.39 is 6.10 Å². The highest BCUT2D eigenvalue weighted by Gasteiger charge is 2.15. The van der Waals surface area contributed by atoms with E-state index in [1.54, 1.807) is 29.5 Å². The molecule has 0 aliphatic carbocycles. The van der Waals surface area contributed by atoms with E-state index >= 15 is 0 Å². The zero-order valence-electron chi connectivity index (χ0n) is 11.3. The molecule has 0 bridgehead atoms. The summed E-state index contributed by atoms with van der Waals surface area (Å²) in [6, 6.07) is 5.21. The van der Waals surface area contributed by atoms with Gasteiger partial charge in [0.1, 0.15) is 0 Å². The molecule has 0 saturated carbocycles. The molecular weight excluding hydrogens is 315 g/mol. The second-order valence-electron chi connectivity index (χ2n) is 4.52. The van der Waals surface area contributed by atoms with Gasteiger partial charge in [-0.2, -0.15) is 0 Å². The number of aryl methyl sites for hydroxylation is 2. The van der Waals surface area contributed by atoms with E-state index in [4.69, 9.17) is 23.2 Å². The highest BCUT2D eigenvalue weighted by Crippen LogP contribution is 2.29. The SMILES string of the molecule is Cc1nc(C)c(CNCC(O)c2c(Cl)cccc2Cl)s1. The Labute approximate surface area is 132 Å². The number of aliphatic hydroxyl groups excluding tert-OH is 1. The number of benzene rings is 1. The van der Waals surface area contributed by atoms with Crippen molar-refractivity contribution in [1.29, 1.82) is 0 Å². The summed E-state index contributed by atoms with van der Waals surface area (Å²) in [4.78, 5) is 5.55. The van der Waals surface area contributed by atoms with Crippen LogP contribution in [0.15, 0.2) is 18.2 Å². The van der Waals surface area contributed by atoms with Gasteiger partial charge < -0.3 is 10.4 Å². The maximum Gasteiger partial charge on any atom is 0.0943 e. The number of aromatic nitrogens is 1. The summed E-state index contributed by atoms with van der Waals surface area (Å²) in [6.45, 7) is 5.04. The first-order chi connectivity index (χ1) is 9.49. The van der Waals surface area contributed by atoms with Crippen LogP contribution in [-0.2, 0) is 6.54 Å². The molecular formula is C14H16Cl2N2OS. The lowest BCUT2D eigenvalue weighted by atomic mass is 10.1. The molecule has 20 heavy (non-hydrogen) atoms. The summed E-state index contributed by atoms with van der Waals surface area (Å²) in [5.41, 5.74) is 1.60. The van der Waals surface area contributed by atoms with Crippen LogP contribution in [0, 0.1) is 13.8 Å². The predicted octanol–water partition coefficient (Wildman–Crippen LogP) is 3.89. The number of rotatable bonds is 5. The van der Waals surface area contributed by atoms with Crippen LogP contribution in [-0.4, -0.2) is 16.6 Å². The van der Waals surface area contributed by atoms with Crippen molar-refractivity contribution in [3.63, 3.8) is 0 Å². The first-order valence-corrected chi connectivity index (χ1v) is 7.82. The smallest absolute Gasteiger partial charge is 0.0943 e. The predicted molar refractivity (Wildman–Crippen MR) is 84.7 cm³/mol. The molecule has 0 spiro atoms. The molecule has 0 aliphatic rings. The van der Waals surface area contributed by atoms with Crippen LogP contribution in [0.1, 0.15) is 27.2 Å². The molecule has 0 aliphatic heterocycles. The molecule has 108 valence electrons. The minimum Gasteiger partial charge on any atom is -0.387 e. The lowest BCUT2D eigenvalue weighted by Gasteiger charge is -2.15. The molecule has 0 radical (unpaired) electrons. The monoisotopic (exact) mass is 330 g/mol. The first-order valence-electron chi connectivity index (χ1n) is 6.24. The van der Waals surface area contributed by atoms with E-state index in [1.807, 2.05) is 13.8 Å². The fourth-order valence-corrected chi connectivity index (χ4v) is 3.55. The largest absolute Gasteiger partial charge is 0.387 e. The Morgan fingerprint density at radius 2 is 1.95 bits per heavy atom. The van der Waals surface area contributed by atoms with Crippen molar-refractivity contribution >= 4 is 34.5 Å². The van der Waals surface area contributed by atoms with E-state index in [-0.39, 0.29) is 0 Å². The third kappa shape index (κ3) is 3.71. The van der Waals surface area contributed by atoms with Crippen molar-refractivity contribution in [2.24, 2.45) is 0 Å². The highest BCUT2D eigenvalue weighted by atomic mass is 35.5. The third-order valence-electron chi connectivity index (χ3n) is 2.96. The van der Waals surface area contributed by atoms with E-state index in [0.717, 1.165) is 10.7 Å². The number of thiazole rings is 1. The molecule has 2 rings (SSSR count). The molecule has 0 amide bonds. The average molecular weight is 331 g/mol. The molecule has 1 aromatic carbocycles. The maximum atomic E-state index is 10.2. The quantitative estimate of drug-likeness (QED) is 0.874. The van der Waals surface area contributed by atoms with Gasteiger partial charge in [-0.15, -0.1) is 11.3 Å². The Hall–Kier alpha value is -0.650. The molecule has 6 heteroatoms. The van der Waals surface area contributed by atoms with Crippen molar-refractivity contribution in [1.82, 2.24) is 10.3 Å². The van der Waals surface area contributed by atoms with Gasteiger partial charge in [0.2, 0.25) is 0 Å². The first kappa shape index (κ1) is 15.7. The minimum atomic E-state index is -0.731. The lowest BCUT2D eigenvalue weighted by molar-refractivity contribution is 0.174. The van der Waals surface area contributed by atoms with Gasteiger partial charge in [0.05, 0.1) is 16.8 Å². The second kappa shape index (κ2) is 6.87. The van der Waals surface area contributed by atoms with Crippen LogP contribution >= 0.6 is 34.5 Å². The number of nitrogens with one attached hydrogen (secondary N) is 1. The molecule has 0 fully saturated rings. The average Bonchev–Trinajstić information content (AvgIpc) is 2.68. The lowest BCUT2D eigenvalue weighted by Crippen LogP contribution is -2.21. The summed E-state index contributed by atoms with van der Waals surface area (Å²) < 4.78 is 0. The van der Waals surface area contributed by atoms with E-state index in [9.17, 15) is 5.11 Å². The Bertz CT molecular complexity index is 581. The summed E-state index contributed by atoms with van der Waals surface area (Å²) in [7, 11) is 0. The van der Waals surface area contributed by atoms with Gasteiger partial charge in [0.15, 0.2) is 0 Å². The summed E-state index contributed by atoms with van der Waals surface area (Å²) in [5.74, 6) is 0. The van der Waals surface area contributed by atoms with Crippen molar-refractivity contribution in [3.8, 4) is 0 Å². The molecule has 2 aromatic rings. The molecule has 2 N–H and O–H groups in total. The number of halogens is 2. The summed E-state index contributed by atoms with van der Waals surface area (Å²) in [6.07, 6.45) is -0.731. The Morgan fingerprint density at radius 1 is 1.30 bits per heavy atom. The van der Waals surface area contributed by atoms with Gasteiger partial charge in [-0.1, -0.05) is 29.3 Å². The Balaban J connectivity index is 1.96. The molecule has 1 atom stereocenters. The third-order valence-corrected chi connectivity index (χ3v) is 4.69. The number of hydrogen-bond donors (Lipinski definition) is 2. The van der Waals surface area contributed by atoms with Crippen LogP contribution in [0.5, 0.6) is 0 Å². The fourth-order valence-electron chi connectivity index (χ4n) is 1.99. The molecule has 3 nitrogen and oxygen atoms in total. The maximum absolute atomic E-state index is 10.2. The van der Waals surface area contributed by atoms with Crippen LogP contribution in [0.25, 0.3) is 0 Å². The molecule has 1 unspecified atom stereocenters. The summed E-state index contributed by atoms with van der Waals surface area (Å²) >= 11 is 13.8. The van der Waals surface area contributed by atoms with Gasteiger partial charge in [0.25, 0.3) is 0 Å². The van der Waals surface area contributed by atoms with E-state index in [1.165, 1.54) is 4.88 Å². The van der Waals surface area contributed by atoms with Crippen molar-refractivity contribution in [2.75, 3.05) is 6.54 Å². The molecule has 0 saturated heterocycles. The molecule has 1 heterocycles. The van der Waals surface area contributed by atoms with E-state index in [0.29, 0.717) is 28.7 Å². The van der Waals surface area contributed by atoms with Crippen LogP contribution in [0.4, 0.5) is 0 Å². The normalized spacial score (nSPS) is 12.7. The Kier molecular flexibility index (Phi) is 5.41. The van der Waals surface area contributed by atoms with Crippen molar-refractivity contribution < 1.29 is 5.11 Å². The number of nitrogens with zero attached hydrogens (tertiary/aromatic N) is 1. The standard InChI is InChI=1S/C14H16Cl2N2OS/c1-8-13(20-9(2)18-8)7-17-6-12(19)14-10(15)4-3-5-11(14)16/h3-5,12,17,19H,6-7H2,1-2H3. The second-order valence-corrected chi connectivity index (χ2v) is 6.63. The van der Waals surface area contributed by atoms with Crippen LogP contribution in [0.2, 0.25) is 10.0 Å². The van der Waals surface area contributed by atoms with Crippen molar-refractivity contribution in [3.05, 3.63) is 49.4 Å². The van der Waals surface area contributed by atoms with Gasteiger partial charge in [-0.05, 0) is 26.0 Å². The van der Waals surface area contributed by atoms with Crippen LogP contribution < -0.4 is 5.32 Å². The number of hydrogen-bond acceptors (Lipinski definition) is 4. The van der Waals surface area contributed by atoms with Gasteiger partial charge in [0, 0.05) is 33.6 Å². The van der Waals surface area contributed by atoms with Gasteiger partial charge >= 0.3 is 0 Å². The Morgan fingerprint density at radius 3 is 2.50 bits per heavy atom. The molecule has 1 aromatic heterocycles. The van der Waals surface area contributed by atoms with Gasteiger partial charge in [-0.3, -0.25) is 0 Å². The van der Waals surface area contributed by atoms with Crippen LogP contribution in [0.3, 0.4) is 0 Å². The topological polar surface area (TPSA) is 45.2 Å². The zero-order chi connectivity index (χ0) is 14.7. The van der Waals surface area contributed by atoms with Gasteiger partial charge in [-0.25, -0.2) is 4.98 Å². The highest BCUT2D eigenvalue weighted by molar-refractivity contribution is 7.11. The number of aliphatic hydroxyl groups is 1. The van der Waals surface area contributed by atoms with Crippen molar-refractivity contribution in [2.45, 2.75) is 26.5 Å². The fraction of sp³-hybridized carbons (Fsp3) is 0.357. The van der Waals surface area contributed by atoms with E-state index in [2.05, 4.69) is 10.3 Å². The zero-order valence-corrected chi connectivity index (χ0v) is 13.6. The summed E-state index contributed by atoms with van der Waals surface area (Å²) in [5, 5.41) is 15.4.